The molecular weight excluding hydrogens is 246 g/mol. The van der Waals surface area contributed by atoms with E-state index in [1.165, 1.54) is 6.08 Å². The molecule has 6 heteroatoms. The molecule has 0 saturated heterocycles. The van der Waals surface area contributed by atoms with Crippen molar-refractivity contribution in [2.24, 2.45) is 0 Å². The molecule has 0 spiro atoms. The maximum absolute atomic E-state index is 11.7. The SMILES string of the molecule is CN1Cc2cc(C=CC(=O)O)cnc2NCCC1=O. The van der Waals surface area contributed by atoms with Crippen LogP contribution >= 0.6 is 0 Å². The van der Waals surface area contributed by atoms with Crippen LogP contribution in [-0.4, -0.2) is 40.5 Å². The number of carboxylic acids is 1. The Hall–Kier alpha value is -2.37. The summed E-state index contributed by atoms with van der Waals surface area (Å²) in [6, 6.07) is 1.84. The van der Waals surface area contributed by atoms with Crippen molar-refractivity contribution in [1.29, 1.82) is 0 Å². The summed E-state index contributed by atoms with van der Waals surface area (Å²) in [6.45, 7) is 1.01. The first-order valence-corrected chi connectivity index (χ1v) is 5.94. The summed E-state index contributed by atoms with van der Waals surface area (Å²) in [6.07, 6.45) is 4.60. The van der Waals surface area contributed by atoms with E-state index >= 15 is 0 Å². The number of fused-ring (bicyclic) bond motifs is 1. The van der Waals surface area contributed by atoms with Crippen molar-refractivity contribution in [3.63, 3.8) is 0 Å². The summed E-state index contributed by atoms with van der Waals surface area (Å²) >= 11 is 0. The van der Waals surface area contributed by atoms with Gasteiger partial charge in [-0.1, -0.05) is 0 Å². The van der Waals surface area contributed by atoms with Gasteiger partial charge in [-0.3, -0.25) is 4.79 Å². The van der Waals surface area contributed by atoms with E-state index in [0.717, 1.165) is 17.5 Å². The van der Waals surface area contributed by atoms with Crippen LogP contribution in [0.2, 0.25) is 0 Å². The van der Waals surface area contributed by atoms with Crippen LogP contribution in [0, 0.1) is 0 Å². The second-order valence-corrected chi connectivity index (χ2v) is 4.37. The molecule has 2 N–H and O–H groups in total. The molecule has 1 aliphatic rings. The van der Waals surface area contributed by atoms with Crippen molar-refractivity contribution in [1.82, 2.24) is 9.88 Å². The van der Waals surface area contributed by atoms with E-state index in [1.54, 1.807) is 18.1 Å². The Labute approximate surface area is 110 Å². The molecule has 0 atom stereocenters. The van der Waals surface area contributed by atoms with Gasteiger partial charge in [-0.15, -0.1) is 0 Å². The molecule has 0 unspecified atom stereocenters. The smallest absolute Gasteiger partial charge is 0.328 e. The van der Waals surface area contributed by atoms with Gasteiger partial charge in [0.05, 0.1) is 0 Å². The largest absolute Gasteiger partial charge is 0.478 e. The van der Waals surface area contributed by atoms with Crippen LogP contribution in [0.5, 0.6) is 0 Å². The first kappa shape index (κ1) is 13.1. The zero-order valence-electron chi connectivity index (χ0n) is 10.6. The number of amides is 1. The van der Waals surface area contributed by atoms with Crippen molar-refractivity contribution in [3.8, 4) is 0 Å². The van der Waals surface area contributed by atoms with Crippen LogP contribution in [0.25, 0.3) is 6.08 Å². The molecule has 19 heavy (non-hydrogen) atoms. The standard InChI is InChI=1S/C13H15N3O3/c1-16-8-10-6-9(2-3-12(18)19)7-15-13(10)14-5-4-11(16)17/h2-3,6-7H,4-5,8H2,1H3,(H,14,15)(H,18,19). The average Bonchev–Trinajstić information content (AvgIpc) is 2.36. The minimum Gasteiger partial charge on any atom is -0.478 e. The second kappa shape index (κ2) is 5.51. The van der Waals surface area contributed by atoms with Crippen LogP contribution in [0.1, 0.15) is 17.5 Å². The van der Waals surface area contributed by atoms with Crippen LogP contribution in [0.15, 0.2) is 18.3 Å². The molecule has 0 aliphatic carbocycles. The third kappa shape index (κ3) is 3.31. The highest BCUT2D eigenvalue weighted by atomic mass is 16.4. The molecule has 1 amide bonds. The van der Waals surface area contributed by atoms with Crippen LogP contribution < -0.4 is 5.32 Å². The van der Waals surface area contributed by atoms with E-state index < -0.39 is 5.97 Å². The Morgan fingerprint density at radius 1 is 1.58 bits per heavy atom. The predicted octanol–water partition coefficient (Wildman–Crippen LogP) is 0.953. The topological polar surface area (TPSA) is 82.5 Å². The van der Waals surface area contributed by atoms with Gasteiger partial charge in [0.15, 0.2) is 0 Å². The fourth-order valence-electron chi connectivity index (χ4n) is 1.89. The lowest BCUT2D eigenvalue weighted by Crippen LogP contribution is -2.30. The molecule has 1 aromatic rings. The first-order valence-electron chi connectivity index (χ1n) is 5.94. The lowest BCUT2D eigenvalue weighted by atomic mass is 10.1. The Morgan fingerprint density at radius 2 is 2.37 bits per heavy atom. The Balaban J connectivity index is 2.28. The molecule has 1 aliphatic heterocycles. The van der Waals surface area contributed by atoms with E-state index in [1.807, 2.05) is 6.07 Å². The van der Waals surface area contributed by atoms with Gasteiger partial charge in [0.1, 0.15) is 5.82 Å². The highest BCUT2D eigenvalue weighted by molar-refractivity contribution is 5.85. The van der Waals surface area contributed by atoms with Crippen molar-refractivity contribution in [2.45, 2.75) is 13.0 Å². The zero-order valence-corrected chi connectivity index (χ0v) is 10.6. The zero-order chi connectivity index (χ0) is 13.8. The van der Waals surface area contributed by atoms with E-state index in [0.29, 0.717) is 25.1 Å². The highest BCUT2D eigenvalue weighted by Gasteiger charge is 2.16. The number of aromatic nitrogens is 1. The van der Waals surface area contributed by atoms with Gasteiger partial charge in [0.2, 0.25) is 5.91 Å². The highest BCUT2D eigenvalue weighted by Crippen LogP contribution is 2.19. The first-order chi connectivity index (χ1) is 9.06. The summed E-state index contributed by atoms with van der Waals surface area (Å²) < 4.78 is 0. The van der Waals surface area contributed by atoms with Crippen molar-refractivity contribution in [2.75, 3.05) is 18.9 Å². The average molecular weight is 261 g/mol. The van der Waals surface area contributed by atoms with Gasteiger partial charge in [-0.25, -0.2) is 9.78 Å². The maximum atomic E-state index is 11.7. The van der Waals surface area contributed by atoms with Gasteiger partial charge in [0, 0.05) is 44.4 Å². The van der Waals surface area contributed by atoms with Crippen molar-refractivity contribution in [3.05, 3.63) is 29.5 Å². The maximum Gasteiger partial charge on any atom is 0.328 e. The van der Waals surface area contributed by atoms with Gasteiger partial charge in [0.25, 0.3) is 0 Å². The molecule has 0 aromatic carbocycles. The quantitative estimate of drug-likeness (QED) is 0.775. The molecule has 2 heterocycles. The molecule has 0 bridgehead atoms. The number of anilines is 1. The number of hydrogen-bond donors (Lipinski definition) is 2. The molecule has 1 aromatic heterocycles. The monoisotopic (exact) mass is 261 g/mol. The number of carbonyl (C=O) groups is 2. The Morgan fingerprint density at radius 3 is 3.11 bits per heavy atom. The lowest BCUT2D eigenvalue weighted by Gasteiger charge is -2.22. The number of hydrogen-bond acceptors (Lipinski definition) is 4. The number of carboxylic acid groups (broad SMARTS) is 1. The summed E-state index contributed by atoms with van der Waals surface area (Å²) in [4.78, 5) is 28.0. The van der Waals surface area contributed by atoms with Gasteiger partial charge >= 0.3 is 5.97 Å². The van der Waals surface area contributed by atoms with E-state index in [2.05, 4.69) is 10.3 Å². The third-order valence-corrected chi connectivity index (χ3v) is 2.87. The minimum absolute atomic E-state index is 0.0737. The predicted molar refractivity (Wildman–Crippen MR) is 70.5 cm³/mol. The van der Waals surface area contributed by atoms with Crippen LogP contribution in [0.4, 0.5) is 5.82 Å². The Bertz CT molecular complexity index is 540. The summed E-state index contributed by atoms with van der Waals surface area (Å²) in [5.41, 5.74) is 1.58. The fraction of sp³-hybridized carbons (Fsp3) is 0.308. The van der Waals surface area contributed by atoms with E-state index in [-0.39, 0.29) is 5.91 Å². The van der Waals surface area contributed by atoms with Gasteiger partial charge in [-0.05, 0) is 17.7 Å². The summed E-state index contributed by atoms with van der Waals surface area (Å²) in [7, 11) is 1.75. The molecule has 0 saturated carbocycles. The third-order valence-electron chi connectivity index (χ3n) is 2.87. The number of pyridine rings is 1. The molecule has 0 radical (unpaired) electrons. The minimum atomic E-state index is -1.00. The molecular formula is C13H15N3O3. The molecule has 100 valence electrons. The molecule has 0 fully saturated rings. The van der Waals surface area contributed by atoms with Gasteiger partial charge in [-0.2, -0.15) is 0 Å². The van der Waals surface area contributed by atoms with Crippen molar-refractivity contribution < 1.29 is 14.7 Å². The number of carbonyl (C=O) groups excluding carboxylic acids is 1. The van der Waals surface area contributed by atoms with E-state index in [9.17, 15) is 9.59 Å². The number of rotatable bonds is 2. The summed E-state index contributed by atoms with van der Waals surface area (Å²) in [5, 5.41) is 11.7. The number of aliphatic carboxylic acids is 1. The molecule has 6 nitrogen and oxygen atoms in total. The molecule has 2 rings (SSSR count). The van der Waals surface area contributed by atoms with Crippen LogP contribution in [-0.2, 0) is 16.1 Å². The fourth-order valence-corrected chi connectivity index (χ4v) is 1.89. The van der Waals surface area contributed by atoms with Crippen molar-refractivity contribution >= 4 is 23.8 Å². The van der Waals surface area contributed by atoms with Gasteiger partial charge < -0.3 is 15.3 Å². The lowest BCUT2D eigenvalue weighted by molar-refractivity contribution is -0.131. The van der Waals surface area contributed by atoms with Crippen LogP contribution in [0.3, 0.4) is 0 Å². The summed E-state index contributed by atoms with van der Waals surface area (Å²) in [5.74, 6) is -0.186. The number of nitrogens with zero attached hydrogens (tertiary/aromatic N) is 2. The van der Waals surface area contributed by atoms with E-state index in [4.69, 9.17) is 5.11 Å². The second-order valence-electron chi connectivity index (χ2n) is 4.37. The normalized spacial score (nSPS) is 15.6. The Kier molecular flexibility index (Phi) is 3.79. The number of nitrogens with one attached hydrogen (secondary N) is 1.